The standard InChI is InChI=1S/C21H17ClN4O3/c1-14-18(20(22)26(24-14)16-8-3-2-4-9-16)13-29-19(27)12-25-21(28)17-10-6-5-7-15(17)11-23-25/h2-11H,12-13H2,1H3. The first-order chi connectivity index (χ1) is 14.0. The predicted molar refractivity (Wildman–Crippen MR) is 109 cm³/mol. The van der Waals surface area contributed by atoms with Crippen LogP contribution in [0.25, 0.3) is 16.5 Å². The van der Waals surface area contributed by atoms with E-state index in [2.05, 4.69) is 10.2 Å². The highest BCUT2D eigenvalue weighted by atomic mass is 35.5. The molecule has 2 aromatic carbocycles. The third-order valence-corrected chi connectivity index (χ3v) is 4.93. The van der Waals surface area contributed by atoms with E-state index in [0.717, 1.165) is 15.8 Å². The number of benzene rings is 2. The van der Waals surface area contributed by atoms with E-state index in [1.807, 2.05) is 36.4 Å². The minimum Gasteiger partial charge on any atom is -0.459 e. The van der Waals surface area contributed by atoms with Crippen LogP contribution >= 0.6 is 11.6 Å². The summed E-state index contributed by atoms with van der Waals surface area (Å²) < 4.78 is 8.02. The Bertz CT molecular complexity index is 1250. The number of esters is 1. The summed E-state index contributed by atoms with van der Waals surface area (Å²) in [6, 6.07) is 16.5. The van der Waals surface area contributed by atoms with Gasteiger partial charge in [0.05, 0.1) is 23.0 Å². The van der Waals surface area contributed by atoms with Gasteiger partial charge in [-0.3, -0.25) is 9.59 Å². The summed E-state index contributed by atoms with van der Waals surface area (Å²) in [5.41, 5.74) is 1.74. The Morgan fingerprint density at radius 3 is 2.62 bits per heavy atom. The average Bonchev–Trinajstić information content (AvgIpc) is 3.03. The molecule has 4 rings (SSSR count). The zero-order chi connectivity index (χ0) is 20.4. The molecule has 0 fully saturated rings. The Morgan fingerprint density at radius 1 is 1.10 bits per heavy atom. The lowest BCUT2D eigenvalue weighted by Gasteiger charge is -2.07. The SMILES string of the molecule is Cc1nn(-c2ccccc2)c(Cl)c1COC(=O)Cn1ncc2ccccc2c1=O. The molecule has 0 spiro atoms. The number of fused-ring (bicyclic) bond motifs is 1. The van der Waals surface area contributed by atoms with Crippen LogP contribution in [0.5, 0.6) is 0 Å². The van der Waals surface area contributed by atoms with Crippen molar-refractivity contribution in [3.05, 3.63) is 87.6 Å². The molecular weight excluding hydrogens is 392 g/mol. The molecule has 2 aromatic heterocycles. The lowest BCUT2D eigenvalue weighted by Crippen LogP contribution is -2.27. The molecule has 0 bridgehead atoms. The molecule has 2 heterocycles. The molecule has 0 saturated heterocycles. The van der Waals surface area contributed by atoms with Crippen molar-refractivity contribution in [2.45, 2.75) is 20.1 Å². The van der Waals surface area contributed by atoms with Gasteiger partial charge in [-0.2, -0.15) is 10.2 Å². The minimum absolute atomic E-state index is 0.0430. The average molecular weight is 409 g/mol. The first kappa shape index (κ1) is 18.9. The number of para-hydroxylation sites is 1. The fraction of sp³-hybridized carbons (Fsp3) is 0.143. The van der Waals surface area contributed by atoms with Crippen molar-refractivity contribution in [1.29, 1.82) is 0 Å². The van der Waals surface area contributed by atoms with Crippen LogP contribution in [0, 0.1) is 6.92 Å². The van der Waals surface area contributed by atoms with Crippen molar-refractivity contribution in [2.75, 3.05) is 0 Å². The van der Waals surface area contributed by atoms with Crippen LogP contribution in [0.15, 0.2) is 65.6 Å². The molecule has 4 aromatic rings. The second-order valence-electron chi connectivity index (χ2n) is 6.46. The van der Waals surface area contributed by atoms with Gasteiger partial charge >= 0.3 is 5.97 Å². The van der Waals surface area contributed by atoms with E-state index in [9.17, 15) is 9.59 Å². The van der Waals surface area contributed by atoms with E-state index in [1.54, 1.807) is 36.0 Å². The number of aryl methyl sites for hydroxylation is 1. The van der Waals surface area contributed by atoms with Crippen molar-refractivity contribution in [1.82, 2.24) is 19.6 Å². The van der Waals surface area contributed by atoms with E-state index in [1.165, 1.54) is 0 Å². The zero-order valence-corrected chi connectivity index (χ0v) is 16.3. The minimum atomic E-state index is -0.585. The van der Waals surface area contributed by atoms with Gasteiger partial charge < -0.3 is 4.74 Å². The molecule has 0 atom stereocenters. The van der Waals surface area contributed by atoms with Crippen LogP contribution in [-0.4, -0.2) is 25.5 Å². The Balaban J connectivity index is 1.49. The maximum Gasteiger partial charge on any atom is 0.328 e. The molecule has 0 saturated carbocycles. The number of aromatic nitrogens is 4. The lowest BCUT2D eigenvalue weighted by molar-refractivity contribution is -0.146. The number of carbonyl (C=O) groups excluding carboxylic acids is 1. The van der Waals surface area contributed by atoms with Crippen LogP contribution in [-0.2, 0) is 22.7 Å². The van der Waals surface area contributed by atoms with Crippen molar-refractivity contribution in [3.63, 3.8) is 0 Å². The van der Waals surface area contributed by atoms with Gasteiger partial charge in [-0.15, -0.1) is 0 Å². The van der Waals surface area contributed by atoms with Crippen molar-refractivity contribution in [3.8, 4) is 5.69 Å². The maximum atomic E-state index is 12.5. The van der Waals surface area contributed by atoms with Crippen LogP contribution in [0.4, 0.5) is 0 Å². The highest BCUT2D eigenvalue weighted by molar-refractivity contribution is 6.30. The van der Waals surface area contributed by atoms with E-state index >= 15 is 0 Å². The number of rotatable bonds is 5. The predicted octanol–water partition coefficient (Wildman–Crippen LogP) is 3.29. The smallest absolute Gasteiger partial charge is 0.328 e. The summed E-state index contributed by atoms with van der Waals surface area (Å²) in [5.74, 6) is -0.585. The molecule has 0 radical (unpaired) electrons. The molecule has 7 nitrogen and oxygen atoms in total. The molecule has 0 amide bonds. The normalized spacial score (nSPS) is 11.0. The Kier molecular flexibility index (Phi) is 5.14. The lowest BCUT2D eigenvalue weighted by atomic mass is 10.2. The second kappa shape index (κ2) is 7.89. The maximum absolute atomic E-state index is 12.5. The highest BCUT2D eigenvalue weighted by Gasteiger charge is 2.17. The van der Waals surface area contributed by atoms with E-state index in [4.69, 9.17) is 16.3 Å². The Morgan fingerprint density at radius 2 is 1.83 bits per heavy atom. The third kappa shape index (κ3) is 3.77. The second-order valence-corrected chi connectivity index (χ2v) is 6.82. The first-order valence-corrected chi connectivity index (χ1v) is 9.32. The molecule has 0 aliphatic rings. The fourth-order valence-corrected chi connectivity index (χ4v) is 3.32. The van der Waals surface area contributed by atoms with Crippen molar-refractivity contribution < 1.29 is 9.53 Å². The molecule has 0 aliphatic heterocycles. The highest BCUT2D eigenvalue weighted by Crippen LogP contribution is 2.24. The third-order valence-electron chi connectivity index (χ3n) is 4.54. The molecular formula is C21H17ClN4O3. The van der Waals surface area contributed by atoms with Gasteiger partial charge in [0.15, 0.2) is 0 Å². The van der Waals surface area contributed by atoms with E-state index in [-0.39, 0.29) is 18.7 Å². The number of hydrogen-bond acceptors (Lipinski definition) is 5. The number of hydrogen-bond donors (Lipinski definition) is 0. The van der Waals surface area contributed by atoms with E-state index in [0.29, 0.717) is 21.8 Å². The number of carbonyl (C=O) groups is 1. The summed E-state index contributed by atoms with van der Waals surface area (Å²) in [5, 5.41) is 10.1. The molecule has 0 N–H and O–H groups in total. The molecule has 0 unspecified atom stereocenters. The number of nitrogens with zero attached hydrogens (tertiary/aromatic N) is 4. The van der Waals surface area contributed by atoms with Gasteiger partial charge in [0, 0.05) is 10.9 Å². The summed E-state index contributed by atoms with van der Waals surface area (Å²) >= 11 is 6.44. The van der Waals surface area contributed by atoms with Crippen LogP contribution in [0.3, 0.4) is 0 Å². The van der Waals surface area contributed by atoms with Crippen molar-refractivity contribution >= 4 is 28.3 Å². The summed E-state index contributed by atoms with van der Waals surface area (Å²) in [6.07, 6.45) is 1.55. The van der Waals surface area contributed by atoms with Gasteiger partial charge in [-0.25, -0.2) is 9.36 Å². The first-order valence-electron chi connectivity index (χ1n) is 8.94. The van der Waals surface area contributed by atoms with Gasteiger partial charge in [-0.1, -0.05) is 48.0 Å². The summed E-state index contributed by atoms with van der Waals surface area (Å²) in [4.78, 5) is 24.7. The number of ether oxygens (including phenoxy) is 1. The molecule has 29 heavy (non-hydrogen) atoms. The van der Waals surface area contributed by atoms with Gasteiger partial charge in [0.1, 0.15) is 18.3 Å². The van der Waals surface area contributed by atoms with E-state index < -0.39 is 5.97 Å². The molecule has 8 heteroatoms. The Hall–Kier alpha value is -3.45. The van der Waals surface area contributed by atoms with Gasteiger partial charge in [0.25, 0.3) is 5.56 Å². The molecule has 0 aliphatic carbocycles. The monoisotopic (exact) mass is 408 g/mol. The van der Waals surface area contributed by atoms with Gasteiger partial charge in [-0.05, 0) is 25.1 Å². The molecule has 146 valence electrons. The largest absolute Gasteiger partial charge is 0.459 e. The zero-order valence-electron chi connectivity index (χ0n) is 15.6. The van der Waals surface area contributed by atoms with Crippen LogP contribution in [0.1, 0.15) is 11.3 Å². The van der Waals surface area contributed by atoms with Gasteiger partial charge in [0.2, 0.25) is 0 Å². The van der Waals surface area contributed by atoms with Crippen molar-refractivity contribution in [2.24, 2.45) is 0 Å². The topological polar surface area (TPSA) is 79.0 Å². The van der Waals surface area contributed by atoms with Crippen LogP contribution < -0.4 is 5.56 Å². The Labute approximate surface area is 171 Å². The number of halogens is 1. The van der Waals surface area contributed by atoms with Crippen LogP contribution in [0.2, 0.25) is 5.15 Å². The quantitative estimate of drug-likeness (QED) is 0.473. The fourth-order valence-electron chi connectivity index (χ4n) is 3.00. The summed E-state index contributed by atoms with van der Waals surface area (Å²) in [6.45, 7) is 1.47. The summed E-state index contributed by atoms with van der Waals surface area (Å²) in [7, 11) is 0.